The van der Waals surface area contributed by atoms with Crippen molar-refractivity contribution in [2.45, 2.75) is 19.8 Å². The van der Waals surface area contributed by atoms with Crippen molar-refractivity contribution in [1.29, 1.82) is 5.41 Å². The number of hydrogen-bond acceptors (Lipinski definition) is 5. The first-order valence-electron chi connectivity index (χ1n) is 5.68. The molecular formula is C11H15N3O3. The fraction of sp³-hybridized carbons (Fsp3) is 0.545. The highest BCUT2D eigenvalue weighted by Gasteiger charge is 2.34. The van der Waals surface area contributed by atoms with Gasteiger partial charge < -0.3 is 14.7 Å². The van der Waals surface area contributed by atoms with Crippen molar-refractivity contribution >= 4 is 17.6 Å². The summed E-state index contributed by atoms with van der Waals surface area (Å²) in [4.78, 5) is 17.6. The van der Waals surface area contributed by atoms with Crippen molar-refractivity contribution in [3.8, 4) is 0 Å². The summed E-state index contributed by atoms with van der Waals surface area (Å²) in [7, 11) is 0. The van der Waals surface area contributed by atoms with Gasteiger partial charge in [0.25, 0.3) is 0 Å². The summed E-state index contributed by atoms with van der Waals surface area (Å²) in [6.45, 7) is 3.52. The predicted octanol–water partition coefficient (Wildman–Crippen LogP) is 0.847. The number of amidine groups is 2. The number of aliphatic hydroxyl groups is 1. The van der Waals surface area contributed by atoms with E-state index in [0.717, 1.165) is 25.9 Å². The largest absolute Gasteiger partial charge is 0.504 e. The summed E-state index contributed by atoms with van der Waals surface area (Å²) in [5.41, 5.74) is 0.0266. The van der Waals surface area contributed by atoms with Crippen molar-refractivity contribution in [2.75, 3.05) is 19.7 Å². The molecule has 0 aliphatic carbocycles. The third kappa shape index (κ3) is 2.02. The van der Waals surface area contributed by atoms with E-state index in [1.54, 1.807) is 6.92 Å². The lowest BCUT2D eigenvalue weighted by molar-refractivity contribution is -0.138. The molecule has 0 aromatic rings. The second-order valence-corrected chi connectivity index (χ2v) is 3.92. The molecule has 6 heteroatoms. The van der Waals surface area contributed by atoms with E-state index in [0.29, 0.717) is 5.84 Å². The summed E-state index contributed by atoms with van der Waals surface area (Å²) in [5, 5.41) is 17.2. The molecule has 2 heterocycles. The van der Waals surface area contributed by atoms with Gasteiger partial charge in [0.2, 0.25) is 0 Å². The van der Waals surface area contributed by atoms with Crippen LogP contribution in [0.25, 0.3) is 0 Å². The Balaban J connectivity index is 2.28. The standard InChI is InChI=1S/C11H15N3O3/c1-2-17-11(16)7-8(15)9(12)13-10(7)14-5-3-4-6-14/h2-6H2,1H3,(H2,12,13,15). The van der Waals surface area contributed by atoms with Crippen LogP contribution in [0.1, 0.15) is 19.8 Å². The Labute approximate surface area is 99.1 Å². The van der Waals surface area contributed by atoms with Crippen molar-refractivity contribution in [3.63, 3.8) is 0 Å². The molecule has 6 nitrogen and oxygen atoms in total. The minimum atomic E-state index is -0.613. The van der Waals surface area contributed by atoms with Gasteiger partial charge in [0.1, 0.15) is 11.4 Å². The molecule has 17 heavy (non-hydrogen) atoms. The van der Waals surface area contributed by atoms with Crippen LogP contribution in [-0.4, -0.2) is 47.3 Å². The van der Waals surface area contributed by atoms with Gasteiger partial charge in [0.05, 0.1) is 6.61 Å². The van der Waals surface area contributed by atoms with E-state index in [9.17, 15) is 9.90 Å². The van der Waals surface area contributed by atoms with Crippen LogP contribution in [-0.2, 0) is 9.53 Å². The van der Waals surface area contributed by atoms with Crippen LogP contribution >= 0.6 is 0 Å². The molecule has 1 fully saturated rings. The van der Waals surface area contributed by atoms with Gasteiger partial charge in [-0.3, -0.25) is 5.41 Å². The Morgan fingerprint density at radius 2 is 2.18 bits per heavy atom. The first-order chi connectivity index (χ1) is 8.15. The second-order valence-electron chi connectivity index (χ2n) is 3.92. The minimum absolute atomic E-state index is 0.0266. The molecule has 0 saturated carbocycles. The van der Waals surface area contributed by atoms with E-state index in [1.807, 2.05) is 4.90 Å². The number of nitrogens with zero attached hydrogens (tertiary/aromatic N) is 2. The number of aliphatic imine (C=N–C) groups is 1. The van der Waals surface area contributed by atoms with Crippen molar-refractivity contribution in [3.05, 3.63) is 11.3 Å². The topological polar surface area (TPSA) is 86.0 Å². The Kier molecular flexibility index (Phi) is 3.12. The number of carbonyl (C=O) groups excluding carboxylic acids is 1. The molecule has 0 bridgehead atoms. The van der Waals surface area contributed by atoms with Gasteiger partial charge in [-0.05, 0) is 19.8 Å². The Hall–Kier alpha value is -1.85. The lowest BCUT2D eigenvalue weighted by Crippen LogP contribution is -2.31. The van der Waals surface area contributed by atoms with E-state index < -0.39 is 5.97 Å². The molecule has 0 radical (unpaired) electrons. The van der Waals surface area contributed by atoms with Gasteiger partial charge in [-0.2, -0.15) is 0 Å². The van der Waals surface area contributed by atoms with E-state index in [-0.39, 0.29) is 23.8 Å². The zero-order valence-corrected chi connectivity index (χ0v) is 9.69. The Morgan fingerprint density at radius 3 is 2.76 bits per heavy atom. The van der Waals surface area contributed by atoms with E-state index >= 15 is 0 Å². The number of hydrogen-bond donors (Lipinski definition) is 2. The highest BCUT2D eigenvalue weighted by molar-refractivity contribution is 6.30. The summed E-state index contributed by atoms with van der Waals surface area (Å²) in [6.07, 6.45) is 2.06. The predicted molar refractivity (Wildman–Crippen MR) is 62.3 cm³/mol. The number of nitrogens with one attached hydrogen (secondary N) is 1. The third-order valence-electron chi connectivity index (χ3n) is 2.79. The number of likely N-dealkylation sites (tertiary alicyclic amines) is 1. The summed E-state index contributed by atoms with van der Waals surface area (Å²) in [6, 6.07) is 0. The molecule has 2 aliphatic heterocycles. The normalized spacial score (nSPS) is 19.9. The van der Waals surface area contributed by atoms with E-state index in [1.165, 1.54) is 0 Å². The lowest BCUT2D eigenvalue weighted by atomic mass is 10.2. The van der Waals surface area contributed by atoms with Gasteiger partial charge in [0, 0.05) is 13.1 Å². The molecule has 0 unspecified atom stereocenters. The number of ether oxygens (including phenoxy) is 1. The zero-order chi connectivity index (χ0) is 12.4. The van der Waals surface area contributed by atoms with Crippen LogP contribution < -0.4 is 0 Å². The maximum Gasteiger partial charge on any atom is 0.345 e. The molecule has 0 atom stereocenters. The summed E-state index contributed by atoms with van der Waals surface area (Å²) >= 11 is 0. The van der Waals surface area contributed by atoms with Crippen LogP contribution in [0.2, 0.25) is 0 Å². The monoisotopic (exact) mass is 237 g/mol. The fourth-order valence-corrected chi connectivity index (χ4v) is 1.99. The molecule has 0 spiro atoms. The number of rotatable bonds is 2. The number of esters is 1. The molecule has 92 valence electrons. The Bertz CT molecular complexity index is 420. The highest BCUT2D eigenvalue weighted by atomic mass is 16.5. The van der Waals surface area contributed by atoms with Crippen LogP contribution in [0.5, 0.6) is 0 Å². The molecule has 0 amide bonds. The lowest BCUT2D eigenvalue weighted by Gasteiger charge is -2.18. The molecule has 0 aromatic heterocycles. The van der Waals surface area contributed by atoms with Gasteiger partial charge in [0.15, 0.2) is 11.6 Å². The average Bonchev–Trinajstić information content (AvgIpc) is 2.88. The smallest absolute Gasteiger partial charge is 0.345 e. The van der Waals surface area contributed by atoms with Gasteiger partial charge in [-0.1, -0.05) is 0 Å². The fourth-order valence-electron chi connectivity index (χ4n) is 1.99. The Morgan fingerprint density at radius 1 is 1.53 bits per heavy atom. The molecular weight excluding hydrogens is 222 g/mol. The quantitative estimate of drug-likeness (QED) is 0.697. The first-order valence-corrected chi connectivity index (χ1v) is 5.68. The SMILES string of the molecule is CCOC(=O)C1=C(O)C(=N)N=C1N1CCCC1. The van der Waals surface area contributed by atoms with Crippen LogP contribution in [0, 0.1) is 5.41 Å². The molecule has 2 rings (SSSR count). The van der Waals surface area contributed by atoms with Gasteiger partial charge in [-0.25, -0.2) is 9.79 Å². The van der Waals surface area contributed by atoms with E-state index in [2.05, 4.69) is 4.99 Å². The van der Waals surface area contributed by atoms with Crippen LogP contribution in [0.4, 0.5) is 0 Å². The third-order valence-corrected chi connectivity index (χ3v) is 2.79. The minimum Gasteiger partial charge on any atom is -0.504 e. The molecule has 0 aromatic carbocycles. The molecule has 2 aliphatic rings. The van der Waals surface area contributed by atoms with Crippen molar-refractivity contribution < 1.29 is 14.6 Å². The van der Waals surface area contributed by atoms with Gasteiger partial charge >= 0.3 is 5.97 Å². The second kappa shape index (κ2) is 4.57. The van der Waals surface area contributed by atoms with Crippen molar-refractivity contribution in [1.82, 2.24) is 4.90 Å². The molecule has 2 N–H and O–H groups in total. The maximum absolute atomic E-state index is 11.7. The number of carbonyl (C=O) groups is 1. The maximum atomic E-state index is 11.7. The summed E-state index contributed by atoms with van der Waals surface area (Å²) in [5.74, 6) is -0.887. The highest BCUT2D eigenvalue weighted by Crippen LogP contribution is 2.22. The van der Waals surface area contributed by atoms with Gasteiger partial charge in [-0.15, -0.1) is 0 Å². The molecule has 1 saturated heterocycles. The van der Waals surface area contributed by atoms with Crippen LogP contribution in [0.15, 0.2) is 16.3 Å². The van der Waals surface area contributed by atoms with E-state index in [4.69, 9.17) is 10.1 Å². The number of aliphatic hydroxyl groups excluding tert-OH is 1. The first kappa shape index (κ1) is 11.6. The summed E-state index contributed by atoms with van der Waals surface area (Å²) < 4.78 is 4.87. The van der Waals surface area contributed by atoms with Crippen molar-refractivity contribution in [2.24, 2.45) is 4.99 Å². The average molecular weight is 237 g/mol. The van der Waals surface area contributed by atoms with Crippen LogP contribution in [0.3, 0.4) is 0 Å². The zero-order valence-electron chi connectivity index (χ0n) is 9.69.